The number of anilines is 1. The Morgan fingerprint density at radius 2 is 1.93 bits per heavy atom. The van der Waals surface area contributed by atoms with Crippen molar-refractivity contribution < 1.29 is 18.0 Å². The van der Waals surface area contributed by atoms with Crippen LogP contribution in [-0.2, 0) is 25.6 Å². The second-order valence-corrected chi connectivity index (χ2v) is 7.01. The molecular weight excluding hydrogens is 379 g/mol. The van der Waals surface area contributed by atoms with Gasteiger partial charge in [-0.2, -0.15) is 13.2 Å². The van der Waals surface area contributed by atoms with Crippen molar-refractivity contribution in [2.45, 2.75) is 25.6 Å². The maximum Gasteiger partial charge on any atom is 0.416 e. The Balaban J connectivity index is 1.51. The first-order valence-electron chi connectivity index (χ1n) is 9.22. The number of hydrogen-bond donors (Lipinski definition) is 0. The first kappa shape index (κ1) is 19.1. The molecule has 0 bridgehead atoms. The van der Waals surface area contributed by atoms with Gasteiger partial charge in [-0.15, -0.1) is 0 Å². The maximum atomic E-state index is 12.9. The van der Waals surface area contributed by atoms with Gasteiger partial charge in [-0.25, -0.2) is 9.97 Å². The Labute approximate surface area is 166 Å². The van der Waals surface area contributed by atoms with Gasteiger partial charge in [0, 0.05) is 48.9 Å². The molecule has 0 N–H and O–H groups in total. The number of alkyl halides is 3. The van der Waals surface area contributed by atoms with Gasteiger partial charge in [0.2, 0.25) is 0 Å². The van der Waals surface area contributed by atoms with Gasteiger partial charge >= 0.3 is 6.18 Å². The normalized spacial score (nSPS) is 13.8. The van der Waals surface area contributed by atoms with Crippen LogP contribution in [0.4, 0.5) is 18.9 Å². The summed E-state index contributed by atoms with van der Waals surface area (Å²) < 4.78 is 38.7. The van der Waals surface area contributed by atoms with E-state index >= 15 is 0 Å². The van der Waals surface area contributed by atoms with Crippen molar-refractivity contribution in [2.24, 2.45) is 0 Å². The number of nitrogens with zero attached hydrogens (tertiary/aromatic N) is 3. The zero-order chi connectivity index (χ0) is 20.4. The summed E-state index contributed by atoms with van der Waals surface area (Å²) in [7, 11) is 0. The fourth-order valence-corrected chi connectivity index (χ4v) is 3.51. The molecule has 7 heteroatoms. The molecule has 1 aliphatic rings. The van der Waals surface area contributed by atoms with Gasteiger partial charge in [-0.1, -0.05) is 30.3 Å². The summed E-state index contributed by atoms with van der Waals surface area (Å²) in [6.07, 6.45) is -0.365. The lowest BCUT2D eigenvalue weighted by Gasteiger charge is -2.30. The molecule has 0 unspecified atom stereocenters. The summed E-state index contributed by atoms with van der Waals surface area (Å²) >= 11 is 0. The third kappa shape index (κ3) is 4.29. The van der Waals surface area contributed by atoms with Crippen molar-refractivity contribution in [3.8, 4) is 0 Å². The summed E-state index contributed by atoms with van der Waals surface area (Å²) in [4.78, 5) is 23.2. The number of hydrogen-bond acceptors (Lipinski definition) is 4. The van der Waals surface area contributed by atoms with Crippen LogP contribution in [0.3, 0.4) is 0 Å². The van der Waals surface area contributed by atoms with E-state index in [1.807, 2.05) is 6.07 Å². The molecule has 1 aromatic heterocycles. The van der Waals surface area contributed by atoms with E-state index in [1.165, 1.54) is 6.07 Å². The van der Waals surface area contributed by atoms with E-state index in [1.54, 1.807) is 36.8 Å². The molecular formula is C22H18F3N3O. The molecule has 0 radical (unpaired) electrons. The van der Waals surface area contributed by atoms with Crippen LogP contribution in [-0.4, -0.2) is 22.3 Å². The summed E-state index contributed by atoms with van der Waals surface area (Å²) in [5.74, 6) is -0.216. The Bertz CT molecular complexity index is 1050. The first-order valence-corrected chi connectivity index (χ1v) is 9.22. The minimum absolute atomic E-state index is 0.0793. The molecule has 0 aliphatic carbocycles. The monoisotopic (exact) mass is 397 g/mol. The van der Waals surface area contributed by atoms with Gasteiger partial charge in [-0.3, -0.25) is 4.79 Å². The SMILES string of the molecule is O=C(Cc1cccc(C(F)(F)F)c1)c1cccc(N2CCc3ncncc3C2)c1. The van der Waals surface area contributed by atoms with E-state index in [-0.39, 0.29) is 12.2 Å². The lowest BCUT2D eigenvalue weighted by molar-refractivity contribution is -0.137. The highest BCUT2D eigenvalue weighted by molar-refractivity contribution is 5.98. The van der Waals surface area contributed by atoms with Gasteiger partial charge in [0.1, 0.15) is 6.33 Å². The van der Waals surface area contributed by atoms with Crippen LogP contribution < -0.4 is 4.90 Å². The van der Waals surface area contributed by atoms with Gasteiger partial charge in [-0.05, 0) is 23.8 Å². The molecule has 148 valence electrons. The highest BCUT2D eigenvalue weighted by Crippen LogP contribution is 2.30. The number of halogens is 3. The van der Waals surface area contributed by atoms with E-state index in [2.05, 4.69) is 14.9 Å². The standard InChI is InChI=1S/C22H18F3N3O/c23-22(24,25)18-5-1-3-15(9-18)10-21(29)16-4-2-6-19(11-16)28-8-7-20-17(13-28)12-26-14-27-20/h1-6,9,11-12,14H,7-8,10,13H2. The van der Waals surface area contributed by atoms with Crippen molar-refractivity contribution in [1.29, 1.82) is 0 Å². The molecule has 0 atom stereocenters. The second kappa shape index (κ2) is 7.66. The molecule has 4 rings (SSSR count). The molecule has 29 heavy (non-hydrogen) atoms. The second-order valence-electron chi connectivity index (χ2n) is 7.01. The predicted molar refractivity (Wildman–Crippen MR) is 103 cm³/mol. The molecule has 0 spiro atoms. The van der Waals surface area contributed by atoms with Crippen molar-refractivity contribution in [3.05, 3.63) is 89.0 Å². The highest BCUT2D eigenvalue weighted by Gasteiger charge is 2.30. The minimum Gasteiger partial charge on any atom is -0.367 e. The van der Waals surface area contributed by atoms with E-state index in [4.69, 9.17) is 0 Å². The summed E-state index contributed by atoms with van der Waals surface area (Å²) in [6.45, 7) is 1.43. The van der Waals surface area contributed by atoms with Crippen LogP contribution >= 0.6 is 0 Å². The Hall–Kier alpha value is -3.22. The lowest BCUT2D eigenvalue weighted by Crippen LogP contribution is -2.31. The largest absolute Gasteiger partial charge is 0.416 e. The topological polar surface area (TPSA) is 46.1 Å². The number of carbonyl (C=O) groups is 1. The predicted octanol–water partition coefficient (Wildman–Crippen LogP) is 4.48. The van der Waals surface area contributed by atoms with Crippen molar-refractivity contribution in [2.75, 3.05) is 11.4 Å². The van der Waals surface area contributed by atoms with E-state index in [9.17, 15) is 18.0 Å². The molecule has 0 saturated heterocycles. The molecule has 0 amide bonds. The van der Waals surface area contributed by atoms with E-state index in [0.29, 0.717) is 17.7 Å². The third-order valence-electron chi connectivity index (χ3n) is 5.01. The fraction of sp³-hybridized carbons (Fsp3) is 0.227. The minimum atomic E-state index is -4.42. The van der Waals surface area contributed by atoms with Crippen LogP contribution in [0.2, 0.25) is 0 Å². The molecule has 2 aromatic carbocycles. The zero-order valence-corrected chi connectivity index (χ0v) is 15.5. The maximum absolute atomic E-state index is 12.9. The Kier molecular flexibility index (Phi) is 5.05. The average Bonchev–Trinajstić information content (AvgIpc) is 2.73. The summed E-state index contributed by atoms with van der Waals surface area (Å²) in [5, 5.41) is 0. The zero-order valence-electron chi connectivity index (χ0n) is 15.5. The van der Waals surface area contributed by atoms with E-state index in [0.717, 1.165) is 42.0 Å². The molecule has 2 heterocycles. The molecule has 4 nitrogen and oxygen atoms in total. The number of benzene rings is 2. The number of carbonyl (C=O) groups excluding carboxylic acids is 1. The van der Waals surface area contributed by atoms with Gasteiger partial charge < -0.3 is 4.90 Å². The summed E-state index contributed by atoms with van der Waals surface area (Å²) in [6, 6.07) is 12.1. The Morgan fingerprint density at radius 1 is 1.10 bits per heavy atom. The highest BCUT2D eigenvalue weighted by atomic mass is 19.4. The van der Waals surface area contributed by atoms with Crippen LogP contribution in [0.5, 0.6) is 0 Å². The van der Waals surface area contributed by atoms with Gasteiger partial charge in [0.15, 0.2) is 5.78 Å². The van der Waals surface area contributed by atoms with Crippen LogP contribution in [0.15, 0.2) is 61.1 Å². The average molecular weight is 397 g/mol. The fourth-order valence-electron chi connectivity index (χ4n) is 3.51. The van der Waals surface area contributed by atoms with Gasteiger partial charge in [0.25, 0.3) is 0 Å². The number of rotatable bonds is 4. The molecule has 0 saturated carbocycles. The first-order chi connectivity index (χ1) is 13.9. The number of Topliss-reactive ketones (excluding diaryl/α,β-unsaturated/α-hetero) is 1. The van der Waals surface area contributed by atoms with Crippen molar-refractivity contribution in [3.63, 3.8) is 0 Å². The van der Waals surface area contributed by atoms with Crippen molar-refractivity contribution >= 4 is 11.5 Å². The molecule has 3 aromatic rings. The smallest absolute Gasteiger partial charge is 0.367 e. The van der Waals surface area contributed by atoms with Crippen LogP contribution in [0, 0.1) is 0 Å². The lowest BCUT2D eigenvalue weighted by atomic mass is 10.00. The number of aromatic nitrogens is 2. The quantitative estimate of drug-likeness (QED) is 0.609. The number of fused-ring (bicyclic) bond motifs is 1. The third-order valence-corrected chi connectivity index (χ3v) is 5.01. The van der Waals surface area contributed by atoms with Crippen LogP contribution in [0.1, 0.15) is 32.7 Å². The molecule has 0 fully saturated rings. The number of ketones is 1. The molecule has 1 aliphatic heterocycles. The van der Waals surface area contributed by atoms with Crippen LogP contribution in [0.25, 0.3) is 0 Å². The van der Waals surface area contributed by atoms with Crippen molar-refractivity contribution in [1.82, 2.24) is 9.97 Å². The van der Waals surface area contributed by atoms with Gasteiger partial charge in [0.05, 0.1) is 11.3 Å². The van der Waals surface area contributed by atoms with E-state index < -0.39 is 11.7 Å². The summed E-state index contributed by atoms with van der Waals surface area (Å²) in [5.41, 5.74) is 3.07. The Morgan fingerprint density at radius 3 is 2.76 bits per heavy atom.